The third-order valence-electron chi connectivity index (χ3n) is 11.9. The van der Waals surface area contributed by atoms with E-state index in [1.807, 2.05) is 0 Å². The monoisotopic (exact) mass is 1010 g/mol. The first-order valence-electron chi connectivity index (χ1n) is 28.2. The lowest BCUT2D eigenvalue weighted by atomic mass is 10.1. The molecule has 0 saturated heterocycles. The van der Waals surface area contributed by atoms with Crippen molar-refractivity contribution in [2.45, 2.75) is 264 Å². The van der Waals surface area contributed by atoms with E-state index in [2.05, 4.69) is 81.5 Å². The van der Waals surface area contributed by atoms with Gasteiger partial charge in [0.15, 0.2) is 6.10 Å². The van der Waals surface area contributed by atoms with Crippen molar-refractivity contribution in [1.82, 2.24) is 0 Å². The van der Waals surface area contributed by atoms with E-state index in [9.17, 15) is 28.9 Å². The van der Waals surface area contributed by atoms with Gasteiger partial charge in [-0.25, -0.2) is 4.57 Å². The molecule has 0 aromatic carbocycles. The van der Waals surface area contributed by atoms with E-state index in [1.54, 1.807) is 0 Å². The maximum Gasteiger partial charge on any atom is 0.472 e. The second-order valence-electron chi connectivity index (χ2n) is 18.7. The number of phosphoric acid groups is 1. The Balaban J connectivity index is 4.64. The van der Waals surface area contributed by atoms with Crippen molar-refractivity contribution in [1.29, 1.82) is 0 Å². The first-order valence-corrected chi connectivity index (χ1v) is 29.7. The van der Waals surface area contributed by atoms with Crippen molar-refractivity contribution in [3.63, 3.8) is 0 Å². The van der Waals surface area contributed by atoms with Crippen molar-refractivity contribution in [3.8, 4) is 0 Å². The Morgan fingerprint density at radius 2 is 0.743 bits per heavy atom. The van der Waals surface area contributed by atoms with Crippen molar-refractivity contribution in [3.05, 3.63) is 60.8 Å². The molecule has 0 heterocycles. The van der Waals surface area contributed by atoms with Gasteiger partial charge in [0.2, 0.25) is 0 Å². The number of ether oxygens (including phenoxy) is 3. The third kappa shape index (κ3) is 50.1. The molecule has 70 heavy (non-hydrogen) atoms. The van der Waals surface area contributed by atoms with Crippen LogP contribution in [0.4, 0.5) is 0 Å². The summed E-state index contributed by atoms with van der Waals surface area (Å²) in [5.74, 6) is -1.48. The molecule has 3 atom stereocenters. The second kappa shape index (κ2) is 52.5. The maximum absolute atomic E-state index is 12.9. The second-order valence-corrected chi connectivity index (χ2v) is 20.2. The molecule has 0 amide bonds. The molecule has 406 valence electrons. The number of rotatable bonds is 52. The summed E-state index contributed by atoms with van der Waals surface area (Å²) in [6.45, 7) is 4.48. The van der Waals surface area contributed by atoms with Gasteiger partial charge in [0.25, 0.3) is 0 Å². The van der Waals surface area contributed by atoms with Crippen LogP contribution >= 0.6 is 7.82 Å². The van der Waals surface area contributed by atoms with E-state index < -0.39 is 57.8 Å². The normalized spacial score (nSPS) is 13.8. The molecular formula is C58H103O11P. The number of unbranched alkanes of at least 4 members (excludes halogenated alkanes) is 25. The van der Waals surface area contributed by atoms with Crippen LogP contribution in [0.5, 0.6) is 0 Å². The number of allylic oxidation sites excluding steroid dienone is 10. The highest BCUT2D eigenvalue weighted by Gasteiger charge is 2.28. The number of hydrogen-bond acceptors (Lipinski definition) is 10. The highest BCUT2D eigenvalue weighted by atomic mass is 31.2. The first kappa shape index (κ1) is 67.2. The summed E-state index contributed by atoms with van der Waals surface area (Å²) in [6.07, 6.45) is 56.1. The van der Waals surface area contributed by atoms with Crippen LogP contribution < -0.4 is 0 Å². The number of esters is 3. The molecule has 0 aromatic heterocycles. The molecule has 0 spiro atoms. The number of phosphoric ester groups is 1. The van der Waals surface area contributed by atoms with Gasteiger partial charge in [-0.05, 0) is 83.5 Å². The predicted octanol–water partition coefficient (Wildman–Crippen LogP) is 16.4. The zero-order chi connectivity index (χ0) is 51.3. The molecule has 0 aliphatic rings. The van der Waals surface area contributed by atoms with Crippen LogP contribution in [0.1, 0.15) is 252 Å². The van der Waals surface area contributed by atoms with Gasteiger partial charge in [-0.1, -0.05) is 210 Å². The molecule has 11 nitrogen and oxygen atoms in total. The van der Waals surface area contributed by atoms with Crippen molar-refractivity contribution >= 4 is 25.7 Å². The standard InChI is InChI=1S/C58H103O11P/c1-4-7-10-13-16-19-21-23-25-27-29-31-33-36-39-42-45-48-57(61)68-54(50-59)52-66-70(63,64)67-53-55(51-65-56(60)47-44-41-38-35-18-15-12-9-6-3)69-58(62)49-46-43-40-37-34-32-30-28-26-24-22-20-17-14-11-8-5-2/h8,11,16-17,19-20,23-26,54-55,59H,4-7,9-10,12-15,18,21-22,27-53H2,1-3H3,(H,63,64)/b11-8-,19-16-,20-17-,25-23-,26-24-. The van der Waals surface area contributed by atoms with E-state index in [0.29, 0.717) is 19.3 Å². The van der Waals surface area contributed by atoms with Crippen molar-refractivity contribution < 1.29 is 52.2 Å². The summed E-state index contributed by atoms with van der Waals surface area (Å²) in [7, 11) is -4.75. The quantitative estimate of drug-likeness (QED) is 0.0197. The van der Waals surface area contributed by atoms with E-state index in [0.717, 1.165) is 116 Å². The van der Waals surface area contributed by atoms with E-state index in [4.69, 9.17) is 23.3 Å². The van der Waals surface area contributed by atoms with Gasteiger partial charge in [0.1, 0.15) is 12.7 Å². The van der Waals surface area contributed by atoms with Gasteiger partial charge in [-0.15, -0.1) is 0 Å². The van der Waals surface area contributed by atoms with Gasteiger partial charge in [0.05, 0.1) is 19.8 Å². The van der Waals surface area contributed by atoms with Gasteiger partial charge >= 0.3 is 25.7 Å². The molecule has 0 fully saturated rings. The summed E-state index contributed by atoms with van der Waals surface area (Å²) in [5.41, 5.74) is 0. The molecule has 0 aromatic rings. The van der Waals surface area contributed by atoms with Crippen LogP contribution in [0.3, 0.4) is 0 Å². The summed E-state index contributed by atoms with van der Waals surface area (Å²) in [4.78, 5) is 48.4. The lowest BCUT2D eigenvalue weighted by Gasteiger charge is -2.21. The highest BCUT2D eigenvalue weighted by molar-refractivity contribution is 7.47. The zero-order valence-corrected chi connectivity index (χ0v) is 45.6. The molecule has 0 rings (SSSR count). The Morgan fingerprint density at radius 1 is 0.414 bits per heavy atom. The SMILES string of the molecule is CC/C=C\C/C=C\C/C=C\CCCCCCCCCC(=O)OC(COC(=O)CCCCCCCCCCC)COP(=O)(O)OCC(CO)OC(=O)CCCCCCCCC/C=C\C/C=C\CCCCC. The average Bonchev–Trinajstić information content (AvgIpc) is 3.35. The Bertz CT molecular complexity index is 1410. The largest absolute Gasteiger partial charge is 0.472 e. The Morgan fingerprint density at radius 3 is 1.17 bits per heavy atom. The van der Waals surface area contributed by atoms with Gasteiger partial charge < -0.3 is 24.2 Å². The minimum Gasteiger partial charge on any atom is -0.462 e. The van der Waals surface area contributed by atoms with Crippen LogP contribution in [0.2, 0.25) is 0 Å². The molecule has 0 bridgehead atoms. The molecule has 0 radical (unpaired) electrons. The maximum atomic E-state index is 12.9. The van der Waals surface area contributed by atoms with E-state index >= 15 is 0 Å². The lowest BCUT2D eigenvalue weighted by molar-refractivity contribution is -0.161. The van der Waals surface area contributed by atoms with Crippen LogP contribution in [0, 0.1) is 0 Å². The van der Waals surface area contributed by atoms with Gasteiger partial charge in [0, 0.05) is 19.3 Å². The minimum absolute atomic E-state index is 0.157. The molecule has 0 aliphatic carbocycles. The molecule has 0 saturated carbocycles. The highest BCUT2D eigenvalue weighted by Crippen LogP contribution is 2.43. The lowest BCUT2D eigenvalue weighted by Crippen LogP contribution is -2.30. The minimum atomic E-state index is -4.75. The third-order valence-corrected chi connectivity index (χ3v) is 12.9. The molecule has 12 heteroatoms. The summed E-state index contributed by atoms with van der Waals surface area (Å²) >= 11 is 0. The van der Waals surface area contributed by atoms with Crippen LogP contribution in [0.15, 0.2) is 60.8 Å². The fourth-order valence-corrected chi connectivity index (χ4v) is 8.42. The molecule has 0 aliphatic heterocycles. The summed E-state index contributed by atoms with van der Waals surface area (Å²) in [5, 5.41) is 9.80. The van der Waals surface area contributed by atoms with Gasteiger partial charge in [-0.3, -0.25) is 23.4 Å². The molecule has 2 N–H and O–H groups in total. The molecular weight excluding hydrogens is 904 g/mol. The fourth-order valence-electron chi connectivity index (χ4n) is 7.64. The first-order chi connectivity index (χ1) is 34.2. The van der Waals surface area contributed by atoms with Gasteiger partial charge in [-0.2, -0.15) is 0 Å². The smallest absolute Gasteiger partial charge is 0.462 e. The topological polar surface area (TPSA) is 155 Å². The van der Waals surface area contributed by atoms with Crippen molar-refractivity contribution in [2.75, 3.05) is 26.4 Å². The fraction of sp³-hybridized carbons (Fsp3) is 0.776. The summed E-state index contributed by atoms with van der Waals surface area (Å²) < 4.78 is 39.4. The number of aliphatic hydroxyl groups excluding tert-OH is 1. The Labute approximate surface area is 427 Å². The van der Waals surface area contributed by atoms with Crippen LogP contribution in [-0.4, -0.2) is 66.5 Å². The van der Waals surface area contributed by atoms with E-state index in [-0.39, 0.29) is 25.9 Å². The number of carbonyl (C=O) groups excluding carboxylic acids is 3. The zero-order valence-electron chi connectivity index (χ0n) is 44.7. The number of aliphatic hydroxyl groups is 1. The van der Waals surface area contributed by atoms with E-state index in [1.165, 1.54) is 77.0 Å². The summed E-state index contributed by atoms with van der Waals surface area (Å²) in [6, 6.07) is 0. The van der Waals surface area contributed by atoms with Crippen molar-refractivity contribution in [2.24, 2.45) is 0 Å². The number of carbonyl (C=O) groups is 3. The van der Waals surface area contributed by atoms with Crippen LogP contribution in [-0.2, 0) is 42.2 Å². The molecule has 3 unspecified atom stereocenters. The van der Waals surface area contributed by atoms with Crippen LogP contribution in [0.25, 0.3) is 0 Å². The predicted molar refractivity (Wildman–Crippen MR) is 288 cm³/mol. The number of hydrogen-bond donors (Lipinski definition) is 2. The Hall–Kier alpha value is -2.82. The Kier molecular flexibility index (Phi) is 50.4. The average molecular weight is 1010 g/mol.